The number of rotatable bonds is 7. The number of anilines is 2. The molecule has 2 fully saturated rings. The summed E-state index contributed by atoms with van der Waals surface area (Å²) in [5.41, 5.74) is 2.52. The van der Waals surface area contributed by atoms with Crippen LogP contribution in [-0.2, 0) is 4.79 Å². The lowest BCUT2D eigenvalue weighted by Crippen LogP contribution is -2.47. The summed E-state index contributed by atoms with van der Waals surface area (Å²) in [6.07, 6.45) is 4.23. The van der Waals surface area contributed by atoms with Crippen molar-refractivity contribution in [2.24, 2.45) is 11.8 Å². The van der Waals surface area contributed by atoms with Gasteiger partial charge in [-0.05, 0) is 42.9 Å². The molecule has 2 aromatic carbocycles. The minimum absolute atomic E-state index is 0.0896. The van der Waals surface area contributed by atoms with Crippen molar-refractivity contribution in [2.75, 3.05) is 42.9 Å². The highest BCUT2D eigenvalue weighted by Crippen LogP contribution is 2.31. The smallest absolute Gasteiger partial charge is 0.247 e. The zero-order valence-corrected chi connectivity index (χ0v) is 19.7. The number of piperazine rings is 1. The molecule has 6 nitrogen and oxygen atoms in total. The van der Waals surface area contributed by atoms with E-state index in [2.05, 4.69) is 26.2 Å². The Bertz CT molecular complexity index is 1180. The number of fused-ring (bicyclic) bond motifs is 1. The van der Waals surface area contributed by atoms with Crippen LogP contribution in [-0.4, -0.2) is 53.1 Å². The first-order valence-electron chi connectivity index (χ1n) is 12.1. The number of nitrogens with zero attached hydrogens (tertiary/aromatic N) is 4. The zero-order chi connectivity index (χ0) is 23.8. The number of carbonyl (C=O) groups is 1. The highest BCUT2D eigenvalue weighted by atomic mass is 19.2. The minimum Gasteiger partial charge on any atom is -0.369 e. The molecule has 1 N–H and O–H groups in total. The van der Waals surface area contributed by atoms with Crippen LogP contribution >= 0.6 is 0 Å². The van der Waals surface area contributed by atoms with Gasteiger partial charge in [0.05, 0.1) is 17.4 Å². The Morgan fingerprint density at radius 2 is 1.82 bits per heavy atom. The van der Waals surface area contributed by atoms with Crippen LogP contribution in [0.3, 0.4) is 0 Å². The zero-order valence-electron chi connectivity index (χ0n) is 19.7. The number of halogens is 2. The summed E-state index contributed by atoms with van der Waals surface area (Å²) < 4.78 is 29.2. The van der Waals surface area contributed by atoms with Gasteiger partial charge in [0.25, 0.3) is 0 Å². The molecule has 180 valence electrons. The van der Waals surface area contributed by atoms with E-state index in [1.54, 1.807) is 4.57 Å². The van der Waals surface area contributed by atoms with Crippen LogP contribution in [0.2, 0.25) is 0 Å². The van der Waals surface area contributed by atoms with Crippen LogP contribution in [0.25, 0.3) is 11.0 Å². The van der Waals surface area contributed by atoms with E-state index >= 15 is 0 Å². The first-order chi connectivity index (χ1) is 16.4. The summed E-state index contributed by atoms with van der Waals surface area (Å²) >= 11 is 0. The number of carbonyl (C=O) groups excluding carboxylic acids is 1. The van der Waals surface area contributed by atoms with Gasteiger partial charge in [0, 0.05) is 56.2 Å². The lowest BCUT2D eigenvalue weighted by molar-refractivity contribution is -0.120. The molecule has 34 heavy (non-hydrogen) atoms. The minimum atomic E-state index is -0.956. The van der Waals surface area contributed by atoms with Crippen LogP contribution in [0.15, 0.2) is 42.7 Å². The molecule has 8 heteroatoms. The molecular weight excluding hydrogens is 436 g/mol. The highest BCUT2D eigenvalue weighted by Gasteiger charge is 2.28. The standard InChI is InChI=1S/C26H31F2N5O/c1-17(2)25(33-16-29-23-13-21(27)22(28)14-24(23)33)26(34)30-19-4-3-5-20(12-19)32-10-8-31(9-11-32)15-18-6-7-18/h3-5,12-14,16-18,25H,6-11,15H2,1-2H3,(H,30,34). The molecule has 0 spiro atoms. The molecule has 3 aromatic rings. The fourth-order valence-corrected chi connectivity index (χ4v) is 4.85. The van der Waals surface area contributed by atoms with E-state index in [9.17, 15) is 13.6 Å². The van der Waals surface area contributed by atoms with E-state index in [0.29, 0.717) is 11.0 Å². The highest BCUT2D eigenvalue weighted by molar-refractivity contribution is 5.95. The van der Waals surface area contributed by atoms with Gasteiger partial charge in [-0.2, -0.15) is 0 Å². The summed E-state index contributed by atoms with van der Waals surface area (Å²) in [6, 6.07) is 9.46. The Morgan fingerprint density at radius 1 is 1.09 bits per heavy atom. The van der Waals surface area contributed by atoms with E-state index in [4.69, 9.17) is 0 Å². The number of hydrogen-bond acceptors (Lipinski definition) is 4. The first kappa shape index (κ1) is 22.8. The average Bonchev–Trinajstić information content (AvgIpc) is 3.55. The fourth-order valence-electron chi connectivity index (χ4n) is 4.85. The molecule has 1 saturated heterocycles. The van der Waals surface area contributed by atoms with Crippen LogP contribution in [0.5, 0.6) is 0 Å². The largest absolute Gasteiger partial charge is 0.369 e. The first-order valence-corrected chi connectivity index (χ1v) is 12.1. The van der Waals surface area contributed by atoms with Crippen LogP contribution < -0.4 is 10.2 Å². The molecule has 1 aliphatic carbocycles. The third kappa shape index (κ3) is 4.78. The maximum atomic E-state index is 13.9. The van der Waals surface area contributed by atoms with Crippen molar-refractivity contribution in [1.29, 1.82) is 0 Å². The number of benzene rings is 2. The van der Waals surface area contributed by atoms with Gasteiger partial charge in [-0.3, -0.25) is 9.69 Å². The Labute approximate surface area is 198 Å². The van der Waals surface area contributed by atoms with Gasteiger partial charge in [-0.1, -0.05) is 19.9 Å². The van der Waals surface area contributed by atoms with Crippen LogP contribution in [0.4, 0.5) is 20.2 Å². The van der Waals surface area contributed by atoms with Crippen molar-refractivity contribution in [3.05, 3.63) is 54.4 Å². The fraction of sp³-hybridized carbons (Fsp3) is 0.462. The molecule has 1 amide bonds. The summed E-state index contributed by atoms with van der Waals surface area (Å²) in [5, 5.41) is 3.03. The number of imidazole rings is 1. The van der Waals surface area contributed by atoms with Gasteiger partial charge >= 0.3 is 0 Å². The van der Waals surface area contributed by atoms with Crippen molar-refractivity contribution >= 4 is 28.3 Å². The molecule has 5 rings (SSSR count). The Morgan fingerprint density at radius 3 is 2.53 bits per heavy atom. The predicted octanol–water partition coefficient (Wildman–Crippen LogP) is 4.68. The van der Waals surface area contributed by atoms with Crippen molar-refractivity contribution < 1.29 is 13.6 Å². The third-order valence-electron chi connectivity index (χ3n) is 6.88. The average molecular weight is 468 g/mol. The van der Waals surface area contributed by atoms with E-state index in [1.165, 1.54) is 25.7 Å². The summed E-state index contributed by atoms with van der Waals surface area (Å²) in [6.45, 7) is 9.14. The second kappa shape index (κ2) is 9.33. The van der Waals surface area contributed by atoms with E-state index < -0.39 is 17.7 Å². The van der Waals surface area contributed by atoms with Gasteiger partial charge < -0.3 is 14.8 Å². The van der Waals surface area contributed by atoms with Crippen molar-refractivity contribution in [1.82, 2.24) is 14.5 Å². The summed E-state index contributed by atoms with van der Waals surface area (Å²) in [7, 11) is 0. The molecule has 2 heterocycles. The molecule has 1 atom stereocenters. The summed E-state index contributed by atoms with van der Waals surface area (Å²) in [5.74, 6) is -1.31. The molecule has 1 aromatic heterocycles. The monoisotopic (exact) mass is 467 g/mol. The molecule has 1 aliphatic heterocycles. The Kier molecular flexibility index (Phi) is 6.25. The quantitative estimate of drug-likeness (QED) is 0.548. The van der Waals surface area contributed by atoms with Crippen molar-refractivity contribution in [2.45, 2.75) is 32.7 Å². The molecule has 1 saturated carbocycles. The van der Waals surface area contributed by atoms with E-state index in [-0.39, 0.29) is 11.8 Å². The molecule has 0 radical (unpaired) electrons. The lowest BCUT2D eigenvalue weighted by Gasteiger charge is -2.36. The maximum Gasteiger partial charge on any atom is 0.247 e. The number of amides is 1. The van der Waals surface area contributed by atoms with Gasteiger partial charge in [0.2, 0.25) is 5.91 Å². The van der Waals surface area contributed by atoms with E-state index in [0.717, 1.165) is 55.6 Å². The second-order valence-corrected chi connectivity index (χ2v) is 9.87. The van der Waals surface area contributed by atoms with Crippen molar-refractivity contribution in [3.63, 3.8) is 0 Å². The maximum absolute atomic E-state index is 13.9. The van der Waals surface area contributed by atoms with Crippen LogP contribution in [0, 0.1) is 23.5 Å². The Hall–Kier alpha value is -3.00. The Balaban J connectivity index is 1.30. The van der Waals surface area contributed by atoms with Crippen molar-refractivity contribution in [3.8, 4) is 0 Å². The third-order valence-corrected chi connectivity index (χ3v) is 6.88. The van der Waals surface area contributed by atoms with Gasteiger partial charge in [0.15, 0.2) is 11.6 Å². The number of hydrogen-bond donors (Lipinski definition) is 1. The SMILES string of the molecule is CC(C)C(C(=O)Nc1cccc(N2CCN(CC3CC3)CC2)c1)n1cnc2cc(F)c(F)cc21. The van der Waals surface area contributed by atoms with Gasteiger partial charge in [0.1, 0.15) is 6.04 Å². The van der Waals surface area contributed by atoms with Gasteiger partial charge in [-0.25, -0.2) is 13.8 Å². The summed E-state index contributed by atoms with van der Waals surface area (Å²) in [4.78, 5) is 22.4. The van der Waals surface area contributed by atoms with Crippen LogP contribution in [0.1, 0.15) is 32.7 Å². The normalized spacial score (nSPS) is 18.0. The van der Waals surface area contributed by atoms with E-state index in [1.807, 2.05) is 32.0 Å². The molecule has 1 unspecified atom stereocenters. The number of aromatic nitrogens is 2. The molecular formula is C26H31F2N5O. The topological polar surface area (TPSA) is 53.4 Å². The molecule has 0 bridgehead atoms. The second-order valence-electron chi connectivity index (χ2n) is 9.87. The lowest BCUT2D eigenvalue weighted by atomic mass is 10.0. The molecule has 2 aliphatic rings. The predicted molar refractivity (Wildman–Crippen MR) is 130 cm³/mol. The van der Waals surface area contributed by atoms with Gasteiger partial charge in [-0.15, -0.1) is 0 Å². The number of nitrogens with one attached hydrogen (secondary N) is 1.